The fraction of sp³-hybridized carbons (Fsp3) is 0.476. The molecule has 206 valence electrons. The van der Waals surface area contributed by atoms with Gasteiger partial charge in [-0.1, -0.05) is 23.3 Å². The Morgan fingerprint density at radius 2 is 2.00 bits per heavy atom. The summed E-state index contributed by atoms with van der Waals surface area (Å²) in [5, 5.41) is 27.3. The van der Waals surface area contributed by atoms with Crippen LogP contribution in [0.2, 0.25) is 0 Å². The zero-order valence-corrected chi connectivity index (χ0v) is 21.5. The maximum absolute atomic E-state index is 13.8. The smallest absolute Gasteiger partial charge is 0.459 e. The lowest BCUT2D eigenvalue weighted by Crippen LogP contribution is -2.49. The molecule has 17 heteroatoms. The minimum Gasteiger partial charge on any atom is -0.465 e. The molecule has 5 atom stereocenters. The summed E-state index contributed by atoms with van der Waals surface area (Å²) < 4.78 is 36.2. The van der Waals surface area contributed by atoms with Crippen molar-refractivity contribution in [1.82, 2.24) is 14.6 Å². The van der Waals surface area contributed by atoms with E-state index in [2.05, 4.69) is 15.1 Å². The van der Waals surface area contributed by atoms with Crippen LogP contribution in [-0.2, 0) is 23.4 Å². The van der Waals surface area contributed by atoms with Crippen molar-refractivity contribution < 1.29 is 38.1 Å². The molecule has 1 aliphatic heterocycles. The number of aromatic amines is 1. The van der Waals surface area contributed by atoms with Crippen molar-refractivity contribution in [2.75, 3.05) is 13.2 Å². The third-order valence-electron chi connectivity index (χ3n) is 5.35. The van der Waals surface area contributed by atoms with Crippen molar-refractivity contribution in [3.05, 3.63) is 73.9 Å². The molecule has 2 heterocycles. The number of aromatic nitrogens is 2. The van der Waals surface area contributed by atoms with Gasteiger partial charge in [-0.15, -0.1) is 0 Å². The minimum absolute atomic E-state index is 0.0398. The number of carbonyl (C=O) groups is 1. The molecule has 16 nitrogen and oxygen atoms in total. The molecule has 2 unspecified atom stereocenters. The van der Waals surface area contributed by atoms with E-state index in [1.807, 2.05) is 4.98 Å². The van der Waals surface area contributed by atoms with Crippen molar-refractivity contribution >= 4 is 13.7 Å². The van der Waals surface area contributed by atoms with Crippen molar-refractivity contribution in [3.8, 4) is 5.75 Å². The Hall–Kier alpha value is -3.49. The Bertz CT molecular complexity index is 1360. The zero-order valence-electron chi connectivity index (χ0n) is 20.6. The number of hydrogen-bond acceptors (Lipinski definition) is 11. The predicted molar refractivity (Wildman–Crippen MR) is 130 cm³/mol. The molecule has 3 rings (SSSR count). The van der Waals surface area contributed by atoms with E-state index < -0.39 is 61.3 Å². The van der Waals surface area contributed by atoms with Gasteiger partial charge >= 0.3 is 19.4 Å². The number of ether oxygens (including phenoxy) is 2. The Kier molecular flexibility index (Phi) is 8.79. The molecule has 1 fully saturated rings. The monoisotopic (exact) mass is 554 g/mol. The molecule has 1 aromatic heterocycles. The van der Waals surface area contributed by atoms with Gasteiger partial charge in [-0.3, -0.25) is 23.7 Å². The Morgan fingerprint density at radius 3 is 2.61 bits per heavy atom. The summed E-state index contributed by atoms with van der Waals surface area (Å²) in [7, 11) is -4.54. The third-order valence-corrected chi connectivity index (χ3v) is 7.11. The van der Waals surface area contributed by atoms with E-state index in [0.717, 1.165) is 16.8 Å². The number of aliphatic hydroxyl groups is 2. The SMILES string of the molecule is CCOC(=O)C(C)(C)NP(=O)(OCC1(N=[N+]=[N-])O[C@@H](n2ccc(=O)[nH]c2=O)[C@@H](O)[C@H]1O)Oc1ccccc1. The van der Waals surface area contributed by atoms with Gasteiger partial charge in [-0.05, 0) is 38.4 Å². The van der Waals surface area contributed by atoms with E-state index in [-0.39, 0.29) is 12.4 Å². The number of esters is 1. The second-order valence-corrected chi connectivity index (χ2v) is 10.3. The molecule has 0 radical (unpaired) electrons. The molecule has 0 bridgehead atoms. The lowest BCUT2D eigenvalue weighted by atomic mass is 10.1. The van der Waals surface area contributed by atoms with Crippen molar-refractivity contribution in [3.63, 3.8) is 0 Å². The van der Waals surface area contributed by atoms with Crippen molar-refractivity contribution in [1.29, 1.82) is 0 Å². The number of nitrogens with one attached hydrogen (secondary N) is 2. The van der Waals surface area contributed by atoms with Gasteiger partial charge in [0.05, 0.1) is 13.2 Å². The van der Waals surface area contributed by atoms with Crippen LogP contribution in [0, 0.1) is 0 Å². The molecule has 1 aliphatic rings. The van der Waals surface area contributed by atoms with Crippen LogP contribution in [0.25, 0.3) is 10.4 Å². The lowest BCUT2D eigenvalue weighted by Gasteiger charge is -2.32. The van der Waals surface area contributed by atoms with Gasteiger partial charge in [-0.2, -0.15) is 5.09 Å². The van der Waals surface area contributed by atoms with Crippen LogP contribution >= 0.6 is 7.75 Å². The summed E-state index contributed by atoms with van der Waals surface area (Å²) in [5.74, 6) is -0.707. The molecule has 0 saturated carbocycles. The maximum Gasteiger partial charge on any atom is 0.459 e. The van der Waals surface area contributed by atoms with Crippen molar-refractivity contribution in [2.45, 2.75) is 50.5 Å². The molecule has 1 saturated heterocycles. The summed E-state index contributed by atoms with van der Waals surface area (Å²) in [6.07, 6.45) is -4.49. The zero-order chi connectivity index (χ0) is 28.1. The molecule has 38 heavy (non-hydrogen) atoms. The van der Waals surface area contributed by atoms with Gasteiger partial charge in [0.1, 0.15) is 23.5 Å². The molecule has 2 aromatic rings. The van der Waals surface area contributed by atoms with Gasteiger partial charge < -0.3 is 24.2 Å². The normalized spacial score (nSPS) is 24.7. The predicted octanol–water partition coefficient (Wildman–Crippen LogP) is 0.929. The number of carbonyl (C=O) groups excluding carboxylic acids is 1. The van der Waals surface area contributed by atoms with Crippen LogP contribution in [0.3, 0.4) is 0 Å². The number of azide groups is 1. The number of nitrogens with zero attached hydrogens (tertiary/aromatic N) is 4. The van der Waals surface area contributed by atoms with Crippen molar-refractivity contribution in [2.24, 2.45) is 5.11 Å². The van der Waals surface area contributed by atoms with Crippen LogP contribution in [0.4, 0.5) is 0 Å². The summed E-state index contributed by atoms with van der Waals surface area (Å²) in [4.78, 5) is 40.7. The van der Waals surface area contributed by atoms with E-state index in [4.69, 9.17) is 24.1 Å². The molecule has 0 amide bonds. The Balaban J connectivity index is 1.95. The second kappa shape index (κ2) is 11.5. The quantitative estimate of drug-likeness (QED) is 0.100. The standard InChI is InChI=1S/C21H27N6O10P/c1-4-34-18(31)20(2,3)25-38(33,37-13-8-6-5-7-9-13)35-12-21(24-26-22)16(30)15(29)17(36-21)27-11-10-14(28)23-19(27)32/h5-11,15-17,29-30H,4,12H2,1-3H3,(H,25,33)(H,23,28,32)/t15-,16+,17+,21?,38?/m0/s1. The largest absolute Gasteiger partial charge is 0.465 e. The number of H-pyrrole nitrogens is 1. The molecule has 4 N–H and O–H groups in total. The van der Waals surface area contributed by atoms with E-state index in [1.165, 1.54) is 26.0 Å². The van der Waals surface area contributed by atoms with Gasteiger partial charge in [0.15, 0.2) is 6.23 Å². The third kappa shape index (κ3) is 6.31. The highest BCUT2D eigenvalue weighted by Crippen LogP contribution is 2.49. The van der Waals surface area contributed by atoms with Gasteiger partial charge in [0.25, 0.3) is 5.56 Å². The van der Waals surface area contributed by atoms with E-state index in [0.29, 0.717) is 0 Å². The molecular formula is C21H27N6O10P. The summed E-state index contributed by atoms with van der Waals surface area (Å²) in [6, 6.07) is 8.74. The first-order valence-corrected chi connectivity index (χ1v) is 12.8. The number of aliphatic hydroxyl groups excluding tert-OH is 2. The van der Waals surface area contributed by atoms with Crippen LogP contribution in [0.15, 0.2) is 57.3 Å². The second-order valence-electron chi connectivity index (χ2n) is 8.63. The first-order valence-electron chi connectivity index (χ1n) is 11.2. The number of hydrogen-bond donors (Lipinski definition) is 4. The van der Waals surface area contributed by atoms with Gasteiger partial charge in [0.2, 0.25) is 5.72 Å². The lowest BCUT2D eigenvalue weighted by molar-refractivity contribution is -0.149. The topological polar surface area (TPSA) is 227 Å². The van der Waals surface area contributed by atoms with Crippen LogP contribution < -0.4 is 20.9 Å². The van der Waals surface area contributed by atoms with Crippen LogP contribution in [-0.4, -0.2) is 62.4 Å². The highest BCUT2D eigenvalue weighted by atomic mass is 31.2. The number of para-hydroxylation sites is 1. The highest BCUT2D eigenvalue weighted by molar-refractivity contribution is 7.52. The maximum atomic E-state index is 13.8. The molecule has 0 aliphatic carbocycles. The molecular weight excluding hydrogens is 527 g/mol. The first-order chi connectivity index (χ1) is 17.9. The van der Waals surface area contributed by atoms with Crippen LogP contribution in [0.5, 0.6) is 5.75 Å². The summed E-state index contributed by atoms with van der Waals surface area (Å²) >= 11 is 0. The van der Waals surface area contributed by atoms with E-state index >= 15 is 0 Å². The number of benzene rings is 1. The fourth-order valence-corrected chi connectivity index (χ4v) is 5.20. The molecule has 0 spiro atoms. The van der Waals surface area contributed by atoms with Crippen LogP contribution in [0.1, 0.15) is 27.0 Å². The highest BCUT2D eigenvalue weighted by Gasteiger charge is 2.56. The summed E-state index contributed by atoms with van der Waals surface area (Å²) in [6.45, 7) is 3.38. The van der Waals surface area contributed by atoms with E-state index in [9.17, 15) is 29.2 Å². The summed E-state index contributed by atoms with van der Waals surface area (Å²) in [5.41, 5.74) is 3.43. The minimum atomic E-state index is -4.54. The van der Waals surface area contributed by atoms with Gasteiger partial charge in [0, 0.05) is 17.2 Å². The molecule has 1 aromatic carbocycles. The van der Waals surface area contributed by atoms with Gasteiger partial charge in [-0.25, -0.2) is 9.36 Å². The Labute approximate surface area is 215 Å². The first kappa shape index (κ1) is 29.1. The average Bonchev–Trinajstić information content (AvgIpc) is 3.09. The van der Waals surface area contributed by atoms with E-state index in [1.54, 1.807) is 25.1 Å². The Morgan fingerprint density at radius 1 is 1.32 bits per heavy atom. The fourth-order valence-electron chi connectivity index (χ4n) is 3.51. The average molecular weight is 554 g/mol. The number of rotatable bonds is 11.